The van der Waals surface area contributed by atoms with E-state index in [0.29, 0.717) is 54.4 Å². The van der Waals surface area contributed by atoms with Gasteiger partial charge in [0.05, 0.1) is 27.4 Å². The van der Waals surface area contributed by atoms with Gasteiger partial charge in [0.25, 0.3) is 0 Å². The van der Waals surface area contributed by atoms with Gasteiger partial charge in [0.15, 0.2) is 5.13 Å². The van der Waals surface area contributed by atoms with Gasteiger partial charge < -0.3 is 15.5 Å². The van der Waals surface area contributed by atoms with E-state index >= 15 is 0 Å². The zero-order valence-electron chi connectivity index (χ0n) is 23.8. The number of carboxylic acid groups (broad SMARTS) is 1. The highest BCUT2D eigenvalue weighted by molar-refractivity contribution is 7.22. The maximum absolute atomic E-state index is 12.1. The van der Waals surface area contributed by atoms with E-state index in [1.54, 1.807) is 38.5 Å². The predicted octanol–water partition coefficient (Wildman–Crippen LogP) is 6.22. The fourth-order valence-electron chi connectivity index (χ4n) is 4.76. The summed E-state index contributed by atoms with van der Waals surface area (Å²) >= 11 is 1.35. The number of nitrogens with one attached hydrogen (secondary N) is 2. The van der Waals surface area contributed by atoms with Crippen LogP contribution in [0.25, 0.3) is 32.6 Å². The van der Waals surface area contributed by atoms with E-state index < -0.39 is 17.5 Å². The Morgan fingerprint density at radius 3 is 2.49 bits per heavy atom. The van der Waals surface area contributed by atoms with Crippen LogP contribution in [-0.4, -0.2) is 48.7 Å². The molecule has 0 aliphatic heterocycles. The minimum absolute atomic E-state index is 0.329. The Labute approximate surface area is 243 Å². The zero-order chi connectivity index (χ0) is 29.6. The summed E-state index contributed by atoms with van der Waals surface area (Å²) in [5.74, 6) is -0.102. The van der Waals surface area contributed by atoms with Crippen LogP contribution in [0.2, 0.25) is 0 Å². The standard InChI is InChI=1S/C30H36N6O4S/c1-5-10-30(4,27(38)39)11-7-8-25-33-16-21(17-34-25)20-13-22(23-14-19(18(3)37)9-12-32-23)26-24(15-20)35-29(41-26)36-28(40)31-6-2/h9,12-18,37H,5-8,10-11H2,1-4H3,(H,38,39)(H2,31,35,36,40). The lowest BCUT2D eigenvalue weighted by Gasteiger charge is -2.23. The van der Waals surface area contributed by atoms with Gasteiger partial charge in [-0.2, -0.15) is 0 Å². The monoisotopic (exact) mass is 576 g/mol. The summed E-state index contributed by atoms with van der Waals surface area (Å²) in [4.78, 5) is 42.2. The molecule has 4 N–H and O–H groups in total. The number of rotatable bonds is 12. The second kappa shape index (κ2) is 13.1. The van der Waals surface area contributed by atoms with Gasteiger partial charge in [0, 0.05) is 42.7 Å². The summed E-state index contributed by atoms with van der Waals surface area (Å²) in [6, 6.07) is 7.22. The first-order valence-electron chi connectivity index (χ1n) is 13.8. The Hall–Kier alpha value is -3.96. The maximum Gasteiger partial charge on any atom is 0.321 e. The SMILES string of the molecule is CCCC(C)(CCCc1ncc(-c2cc(-c3cc(C(C)O)ccn3)c3sc(NC(=O)NCC)nc3c2)cn1)C(=O)O. The summed E-state index contributed by atoms with van der Waals surface area (Å²) in [6.45, 7) is 7.85. The summed E-state index contributed by atoms with van der Waals surface area (Å²) in [5, 5.41) is 25.7. The zero-order valence-corrected chi connectivity index (χ0v) is 24.6. The average molecular weight is 577 g/mol. The van der Waals surface area contributed by atoms with Crippen LogP contribution < -0.4 is 10.6 Å². The second-order valence-electron chi connectivity index (χ2n) is 10.4. The molecule has 2 amide bonds. The normalized spacial score (nSPS) is 13.5. The maximum atomic E-state index is 12.1. The Morgan fingerprint density at radius 2 is 1.83 bits per heavy atom. The Morgan fingerprint density at radius 1 is 1.07 bits per heavy atom. The predicted molar refractivity (Wildman–Crippen MR) is 161 cm³/mol. The third kappa shape index (κ3) is 7.22. The molecule has 0 spiro atoms. The van der Waals surface area contributed by atoms with Crippen LogP contribution in [0, 0.1) is 5.41 Å². The minimum Gasteiger partial charge on any atom is -0.481 e. The number of nitrogens with zero attached hydrogens (tertiary/aromatic N) is 4. The average Bonchev–Trinajstić information content (AvgIpc) is 3.35. The van der Waals surface area contributed by atoms with Crippen molar-refractivity contribution in [3.8, 4) is 22.4 Å². The van der Waals surface area contributed by atoms with Crippen molar-refractivity contribution in [2.24, 2.45) is 5.41 Å². The molecule has 0 radical (unpaired) electrons. The molecule has 0 bridgehead atoms. The van der Waals surface area contributed by atoms with Gasteiger partial charge in [0.1, 0.15) is 5.82 Å². The van der Waals surface area contributed by atoms with Crippen molar-refractivity contribution < 1.29 is 19.8 Å². The van der Waals surface area contributed by atoms with Crippen LogP contribution in [0.3, 0.4) is 0 Å². The third-order valence-corrected chi connectivity index (χ3v) is 8.10. The van der Waals surface area contributed by atoms with Crippen molar-refractivity contribution >= 4 is 38.7 Å². The minimum atomic E-state index is -0.762. The van der Waals surface area contributed by atoms with Crippen LogP contribution in [0.1, 0.15) is 70.9 Å². The van der Waals surface area contributed by atoms with Gasteiger partial charge in [-0.05, 0) is 75.4 Å². The number of aliphatic hydroxyl groups excluding tert-OH is 1. The number of amides is 2. The molecule has 0 saturated carbocycles. The number of carbonyl (C=O) groups excluding carboxylic acids is 1. The lowest BCUT2D eigenvalue weighted by atomic mass is 9.81. The van der Waals surface area contributed by atoms with E-state index in [-0.39, 0.29) is 6.03 Å². The molecule has 4 rings (SSSR count). The largest absolute Gasteiger partial charge is 0.481 e. The summed E-state index contributed by atoms with van der Waals surface area (Å²) in [6.07, 6.45) is 7.83. The van der Waals surface area contributed by atoms with E-state index in [0.717, 1.165) is 33.4 Å². The first kappa shape index (κ1) is 30.0. The van der Waals surface area contributed by atoms with Gasteiger partial charge in [-0.3, -0.25) is 15.1 Å². The number of hydrogen-bond donors (Lipinski definition) is 4. The van der Waals surface area contributed by atoms with Gasteiger partial charge in [-0.15, -0.1) is 0 Å². The molecule has 216 valence electrons. The molecule has 4 aromatic rings. The Kier molecular flexibility index (Phi) is 9.61. The highest BCUT2D eigenvalue weighted by Crippen LogP contribution is 2.38. The van der Waals surface area contributed by atoms with Crippen molar-refractivity contribution in [2.45, 2.75) is 65.9 Å². The quantitative estimate of drug-likeness (QED) is 0.155. The van der Waals surface area contributed by atoms with Crippen molar-refractivity contribution in [3.05, 3.63) is 54.2 Å². The van der Waals surface area contributed by atoms with Crippen LogP contribution in [0.4, 0.5) is 9.93 Å². The molecule has 0 aliphatic carbocycles. The van der Waals surface area contributed by atoms with Crippen molar-refractivity contribution in [2.75, 3.05) is 11.9 Å². The van der Waals surface area contributed by atoms with Crippen LogP contribution in [-0.2, 0) is 11.2 Å². The number of fused-ring (bicyclic) bond motifs is 1. The molecule has 0 saturated heterocycles. The number of carboxylic acids is 1. The number of thiazole rings is 1. The molecule has 1 aromatic carbocycles. The molecule has 10 nitrogen and oxygen atoms in total. The lowest BCUT2D eigenvalue weighted by Crippen LogP contribution is -2.28. The number of hydrogen-bond acceptors (Lipinski definition) is 8. The number of anilines is 1. The van der Waals surface area contributed by atoms with E-state index in [1.807, 2.05) is 32.0 Å². The van der Waals surface area contributed by atoms with Gasteiger partial charge in [0.2, 0.25) is 0 Å². The van der Waals surface area contributed by atoms with E-state index in [2.05, 4.69) is 30.6 Å². The van der Waals surface area contributed by atoms with E-state index in [1.165, 1.54) is 11.3 Å². The van der Waals surface area contributed by atoms with Gasteiger partial charge >= 0.3 is 12.0 Å². The smallest absolute Gasteiger partial charge is 0.321 e. The van der Waals surface area contributed by atoms with Crippen LogP contribution >= 0.6 is 11.3 Å². The van der Waals surface area contributed by atoms with Crippen molar-refractivity contribution in [3.63, 3.8) is 0 Å². The summed E-state index contributed by atoms with van der Waals surface area (Å²) in [5.41, 5.74) is 3.80. The van der Waals surface area contributed by atoms with Crippen LogP contribution in [0.15, 0.2) is 42.9 Å². The molecule has 3 aromatic heterocycles. The number of aryl methyl sites for hydroxylation is 1. The highest BCUT2D eigenvalue weighted by Gasteiger charge is 2.31. The molecule has 2 unspecified atom stereocenters. The number of pyridine rings is 1. The van der Waals surface area contributed by atoms with Gasteiger partial charge in [-0.1, -0.05) is 24.7 Å². The van der Waals surface area contributed by atoms with Crippen molar-refractivity contribution in [1.29, 1.82) is 0 Å². The molecular formula is C30H36N6O4S. The Balaban J connectivity index is 1.65. The topological polar surface area (TPSA) is 150 Å². The fraction of sp³-hybridized carbons (Fsp3) is 0.400. The first-order chi connectivity index (χ1) is 19.6. The van der Waals surface area contributed by atoms with Crippen LogP contribution in [0.5, 0.6) is 0 Å². The molecule has 0 fully saturated rings. The lowest BCUT2D eigenvalue weighted by molar-refractivity contribution is -0.148. The molecule has 2 atom stereocenters. The number of aromatic nitrogens is 4. The Bertz CT molecular complexity index is 1520. The van der Waals surface area contributed by atoms with E-state index in [4.69, 9.17) is 0 Å². The molecule has 3 heterocycles. The second-order valence-corrected chi connectivity index (χ2v) is 11.4. The third-order valence-electron chi connectivity index (χ3n) is 7.08. The molecule has 11 heteroatoms. The number of carbonyl (C=O) groups is 2. The van der Waals surface area contributed by atoms with Gasteiger partial charge in [-0.25, -0.2) is 19.7 Å². The molecule has 41 heavy (non-hydrogen) atoms. The summed E-state index contributed by atoms with van der Waals surface area (Å²) < 4.78 is 0.849. The number of aliphatic hydroxyl groups is 1. The summed E-state index contributed by atoms with van der Waals surface area (Å²) in [7, 11) is 0. The van der Waals surface area contributed by atoms with Crippen molar-refractivity contribution in [1.82, 2.24) is 25.3 Å². The highest BCUT2D eigenvalue weighted by atomic mass is 32.1. The molecule has 0 aliphatic rings. The first-order valence-corrected chi connectivity index (χ1v) is 14.6. The number of benzene rings is 1. The number of urea groups is 1. The number of aliphatic carboxylic acids is 1. The molecular weight excluding hydrogens is 540 g/mol. The fourth-order valence-corrected chi connectivity index (χ4v) is 5.72. The van der Waals surface area contributed by atoms with E-state index in [9.17, 15) is 19.8 Å².